The summed E-state index contributed by atoms with van der Waals surface area (Å²) in [4.78, 5) is 2.34. The summed E-state index contributed by atoms with van der Waals surface area (Å²) in [6.45, 7) is 0. The van der Waals surface area contributed by atoms with Crippen molar-refractivity contribution in [1.29, 1.82) is 0 Å². The lowest BCUT2D eigenvalue weighted by Crippen LogP contribution is -2.09. The number of fused-ring (bicyclic) bond motifs is 11. The van der Waals surface area contributed by atoms with Crippen molar-refractivity contribution >= 4 is 93.3 Å². The number of hydrogen-bond donors (Lipinski definition) is 0. The molecule has 266 valence electrons. The Hall–Kier alpha value is -7.62. The van der Waals surface area contributed by atoms with Crippen LogP contribution in [-0.4, -0.2) is 0 Å². The van der Waals surface area contributed by atoms with Crippen LogP contribution in [0, 0.1) is 0 Å². The Morgan fingerprint density at radius 2 is 0.702 bits per heavy atom. The minimum absolute atomic E-state index is 0.900. The molecule has 0 saturated carbocycles. The first-order valence-electron chi connectivity index (χ1n) is 19.4. The van der Waals surface area contributed by atoms with E-state index >= 15 is 0 Å². The quantitative estimate of drug-likeness (QED) is 0.177. The molecule has 0 radical (unpaired) electrons. The number of nitrogens with zero attached hydrogens (tertiary/aromatic N) is 1. The minimum atomic E-state index is 0.900. The third-order valence-corrected chi connectivity index (χ3v) is 11.6. The topological polar surface area (TPSA) is 29.5 Å². The number of para-hydroxylation sites is 2. The molecule has 0 N–H and O–H groups in total. The summed E-state index contributed by atoms with van der Waals surface area (Å²) in [5, 5.41) is 11.8. The highest BCUT2D eigenvalue weighted by Gasteiger charge is 2.20. The van der Waals surface area contributed by atoms with Crippen molar-refractivity contribution in [1.82, 2.24) is 0 Å². The maximum atomic E-state index is 6.60. The van der Waals surface area contributed by atoms with E-state index in [1.165, 1.54) is 32.3 Å². The van der Waals surface area contributed by atoms with Gasteiger partial charge in [-0.2, -0.15) is 0 Å². The van der Waals surface area contributed by atoms with Gasteiger partial charge in [0.25, 0.3) is 0 Å². The van der Waals surface area contributed by atoms with Crippen molar-refractivity contribution in [2.45, 2.75) is 0 Å². The molecule has 0 atom stereocenters. The van der Waals surface area contributed by atoms with E-state index < -0.39 is 0 Å². The van der Waals surface area contributed by atoms with E-state index in [1.54, 1.807) is 0 Å². The van der Waals surface area contributed by atoms with Crippen molar-refractivity contribution in [2.24, 2.45) is 0 Å². The molecule has 0 aliphatic rings. The van der Waals surface area contributed by atoms with E-state index in [0.29, 0.717) is 0 Å². The van der Waals surface area contributed by atoms with Gasteiger partial charge in [0.15, 0.2) is 0 Å². The van der Waals surface area contributed by atoms with Gasteiger partial charge in [-0.25, -0.2) is 0 Å². The Morgan fingerprint density at radius 1 is 0.298 bits per heavy atom. The van der Waals surface area contributed by atoms with Crippen LogP contribution in [0.15, 0.2) is 209 Å². The van der Waals surface area contributed by atoms with Gasteiger partial charge >= 0.3 is 0 Å². The van der Waals surface area contributed by atoms with E-state index in [1.807, 2.05) is 12.1 Å². The van der Waals surface area contributed by atoms with Crippen molar-refractivity contribution in [3.05, 3.63) is 200 Å². The second-order valence-electron chi connectivity index (χ2n) is 14.9. The normalized spacial score (nSPS) is 11.9. The van der Waals surface area contributed by atoms with E-state index in [4.69, 9.17) is 8.83 Å². The lowest BCUT2D eigenvalue weighted by Gasteiger charge is -2.26. The molecule has 0 spiro atoms. The highest BCUT2D eigenvalue weighted by atomic mass is 16.3. The standard InChI is InChI=1S/C54H33NO2/c1-2-12-37-31-42(30-21-34(37)11-1)55(40-26-22-35(23-27-40)47-32-38-13-3-5-15-43(38)51-45-17-7-9-19-49(45)56-53(47)51)41-28-24-36(25-29-41)48-33-39-14-4-6-16-44(39)52-46-18-8-10-20-50(46)57-54(48)52/h1-33H. The van der Waals surface area contributed by atoms with Gasteiger partial charge in [-0.05, 0) is 104 Å². The molecule has 0 amide bonds. The van der Waals surface area contributed by atoms with E-state index in [2.05, 4.69) is 193 Å². The van der Waals surface area contributed by atoms with Crippen LogP contribution in [0.2, 0.25) is 0 Å². The highest BCUT2D eigenvalue weighted by molar-refractivity contribution is 6.23. The van der Waals surface area contributed by atoms with Gasteiger partial charge < -0.3 is 13.7 Å². The predicted octanol–water partition coefficient (Wildman–Crippen LogP) is 15.7. The van der Waals surface area contributed by atoms with Gasteiger partial charge in [0.05, 0.1) is 0 Å². The van der Waals surface area contributed by atoms with Crippen LogP contribution >= 0.6 is 0 Å². The van der Waals surface area contributed by atoms with Crippen LogP contribution in [0.5, 0.6) is 0 Å². The minimum Gasteiger partial charge on any atom is -0.455 e. The van der Waals surface area contributed by atoms with Crippen LogP contribution in [0.1, 0.15) is 0 Å². The van der Waals surface area contributed by atoms with Gasteiger partial charge in [-0.1, -0.05) is 140 Å². The molecule has 2 heterocycles. The summed E-state index contributed by atoms with van der Waals surface area (Å²) in [5.74, 6) is 0. The van der Waals surface area contributed by atoms with E-state index in [9.17, 15) is 0 Å². The molecule has 12 rings (SSSR count). The van der Waals surface area contributed by atoms with Crippen molar-refractivity contribution in [2.75, 3.05) is 4.90 Å². The predicted molar refractivity (Wildman–Crippen MR) is 239 cm³/mol. The summed E-state index contributed by atoms with van der Waals surface area (Å²) in [6.07, 6.45) is 0. The molecular weight excluding hydrogens is 695 g/mol. The van der Waals surface area contributed by atoms with Gasteiger partial charge in [0, 0.05) is 49.7 Å². The zero-order valence-electron chi connectivity index (χ0n) is 30.8. The molecule has 0 unspecified atom stereocenters. The second kappa shape index (κ2) is 12.5. The first kappa shape index (κ1) is 31.7. The summed E-state index contributed by atoms with van der Waals surface area (Å²) < 4.78 is 13.2. The number of anilines is 3. The Labute approximate surface area is 328 Å². The summed E-state index contributed by atoms with van der Waals surface area (Å²) in [6, 6.07) is 71.4. The SMILES string of the molecule is c1ccc2cc(N(c3ccc(-c4cc5ccccc5c5c4oc4ccccc45)cc3)c3ccc(-c4cc5ccccc5c5c4oc4ccccc45)cc3)ccc2c1. The van der Waals surface area contributed by atoms with Crippen molar-refractivity contribution in [3.63, 3.8) is 0 Å². The molecule has 10 aromatic carbocycles. The lowest BCUT2D eigenvalue weighted by molar-refractivity contribution is 0.670. The third kappa shape index (κ3) is 4.99. The Bertz CT molecular complexity index is 3320. The molecule has 12 aromatic rings. The average molecular weight is 728 g/mol. The molecule has 0 aliphatic carbocycles. The summed E-state index contributed by atoms with van der Waals surface area (Å²) in [5.41, 5.74) is 11.2. The Balaban J connectivity index is 1.00. The third-order valence-electron chi connectivity index (χ3n) is 11.6. The summed E-state index contributed by atoms with van der Waals surface area (Å²) in [7, 11) is 0. The number of furan rings is 2. The van der Waals surface area contributed by atoms with Crippen molar-refractivity contribution in [3.8, 4) is 22.3 Å². The Kier molecular flexibility index (Phi) is 6.93. The molecule has 0 bridgehead atoms. The van der Waals surface area contributed by atoms with Crippen molar-refractivity contribution < 1.29 is 8.83 Å². The van der Waals surface area contributed by atoms with Gasteiger partial charge in [0.2, 0.25) is 0 Å². The molecule has 57 heavy (non-hydrogen) atoms. The van der Waals surface area contributed by atoms with Crippen LogP contribution in [-0.2, 0) is 0 Å². The fourth-order valence-electron chi connectivity index (χ4n) is 8.92. The van der Waals surface area contributed by atoms with E-state index in [0.717, 1.165) is 83.2 Å². The summed E-state index contributed by atoms with van der Waals surface area (Å²) >= 11 is 0. The smallest absolute Gasteiger partial charge is 0.143 e. The average Bonchev–Trinajstić information content (AvgIpc) is 3.87. The fourth-order valence-corrected chi connectivity index (χ4v) is 8.92. The first-order valence-corrected chi connectivity index (χ1v) is 19.4. The number of hydrogen-bond acceptors (Lipinski definition) is 3. The molecule has 3 nitrogen and oxygen atoms in total. The molecule has 3 heteroatoms. The molecule has 0 aliphatic heterocycles. The molecule has 0 fully saturated rings. The highest BCUT2D eigenvalue weighted by Crippen LogP contribution is 2.44. The van der Waals surface area contributed by atoms with Gasteiger partial charge in [0.1, 0.15) is 22.3 Å². The van der Waals surface area contributed by atoms with Crippen LogP contribution in [0.25, 0.3) is 98.4 Å². The fraction of sp³-hybridized carbons (Fsp3) is 0. The monoisotopic (exact) mass is 727 g/mol. The molecule has 2 aromatic heterocycles. The number of rotatable bonds is 5. The first-order chi connectivity index (χ1) is 28.2. The van der Waals surface area contributed by atoms with Crippen LogP contribution in [0.3, 0.4) is 0 Å². The van der Waals surface area contributed by atoms with E-state index in [-0.39, 0.29) is 0 Å². The lowest BCUT2D eigenvalue weighted by atomic mass is 9.96. The maximum absolute atomic E-state index is 6.60. The Morgan fingerprint density at radius 3 is 1.21 bits per heavy atom. The number of benzene rings is 10. The van der Waals surface area contributed by atoms with Gasteiger partial charge in [-0.3, -0.25) is 0 Å². The zero-order chi connectivity index (χ0) is 37.5. The second-order valence-corrected chi connectivity index (χ2v) is 14.9. The maximum Gasteiger partial charge on any atom is 0.143 e. The molecule has 0 saturated heterocycles. The molecular formula is C54H33NO2. The van der Waals surface area contributed by atoms with Crippen LogP contribution in [0.4, 0.5) is 17.1 Å². The van der Waals surface area contributed by atoms with Crippen LogP contribution < -0.4 is 4.90 Å². The van der Waals surface area contributed by atoms with Gasteiger partial charge in [-0.15, -0.1) is 0 Å². The zero-order valence-corrected chi connectivity index (χ0v) is 30.8. The largest absolute Gasteiger partial charge is 0.455 e.